The Morgan fingerprint density at radius 3 is 2.00 bits per heavy atom. The first-order valence-corrected chi connectivity index (χ1v) is 4.54. The molecule has 1 atom stereocenters. The molecule has 14 heavy (non-hydrogen) atoms. The number of benzene rings is 1. The molecule has 78 valence electrons. The minimum atomic E-state index is -1.48. The van der Waals surface area contributed by atoms with E-state index in [1.165, 1.54) is 13.0 Å². The zero-order valence-electron chi connectivity index (χ0n) is 8.51. The lowest BCUT2D eigenvalue weighted by Crippen LogP contribution is -2.30. The van der Waals surface area contributed by atoms with Crippen LogP contribution >= 0.6 is 0 Å². The Morgan fingerprint density at radius 1 is 1.21 bits per heavy atom. The molecule has 0 amide bonds. The average molecular weight is 200 g/mol. The van der Waals surface area contributed by atoms with Crippen molar-refractivity contribution in [1.82, 2.24) is 0 Å². The van der Waals surface area contributed by atoms with Crippen molar-refractivity contribution in [2.24, 2.45) is 5.92 Å². The number of halogens is 2. The molecule has 1 aromatic carbocycles. The van der Waals surface area contributed by atoms with Crippen LogP contribution in [-0.2, 0) is 5.60 Å². The van der Waals surface area contributed by atoms with E-state index in [4.69, 9.17) is 0 Å². The van der Waals surface area contributed by atoms with Gasteiger partial charge in [-0.15, -0.1) is 0 Å². The Morgan fingerprint density at radius 2 is 1.64 bits per heavy atom. The fraction of sp³-hybridized carbons (Fsp3) is 0.455. The first-order valence-electron chi connectivity index (χ1n) is 4.54. The molecule has 0 bridgehead atoms. The zero-order chi connectivity index (χ0) is 10.9. The van der Waals surface area contributed by atoms with Gasteiger partial charge < -0.3 is 5.11 Å². The van der Waals surface area contributed by atoms with Crippen LogP contribution < -0.4 is 0 Å². The van der Waals surface area contributed by atoms with Crippen LogP contribution in [-0.4, -0.2) is 5.11 Å². The summed E-state index contributed by atoms with van der Waals surface area (Å²) in [5.41, 5.74) is -1.73. The summed E-state index contributed by atoms with van der Waals surface area (Å²) in [6, 6.07) is 3.58. The van der Waals surface area contributed by atoms with Gasteiger partial charge in [0.25, 0.3) is 0 Å². The summed E-state index contributed by atoms with van der Waals surface area (Å²) in [7, 11) is 0. The van der Waals surface area contributed by atoms with E-state index in [9.17, 15) is 13.9 Å². The van der Waals surface area contributed by atoms with Gasteiger partial charge in [0.15, 0.2) is 0 Å². The van der Waals surface area contributed by atoms with Crippen molar-refractivity contribution in [2.75, 3.05) is 0 Å². The van der Waals surface area contributed by atoms with Gasteiger partial charge in [0.1, 0.15) is 11.6 Å². The molecule has 1 aromatic rings. The number of hydrogen-bond acceptors (Lipinski definition) is 1. The maximum atomic E-state index is 13.3. The van der Waals surface area contributed by atoms with Crippen LogP contribution in [0.1, 0.15) is 26.3 Å². The van der Waals surface area contributed by atoms with E-state index in [2.05, 4.69) is 0 Å². The third kappa shape index (κ3) is 1.77. The summed E-state index contributed by atoms with van der Waals surface area (Å²) in [4.78, 5) is 0. The summed E-state index contributed by atoms with van der Waals surface area (Å²) in [5, 5.41) is 9.94. The highest BCUT2D eigenvalue weighted by molar-refractivity contribution is 5.26. The predicted molar refractivity (Wildman–Crippen MR) is 50.8 cm³/mol. The van der Waals surface area contributed by atoms with Crippen molar-refractivity contribution in [1.29, 1.82) is 0 Å². The van der Waals surface area contributed by atoms with Gasteiger partial charge in [-0.25, -0.2) is 8.78 Å². The highest BCUT2D eigenvalue weighted by Gasteiger charge is 2.32. The molecule has 3 heteroatoms. The fourth-order valence-corrected chi connectivity index (χ4v) is 1.27. The van der Waals surface area contributed by atoms with Gasteiger partial charge in [-0.1, -0.05) is 19.9 Å². The van der Waals surface area contributed by atoms with E-state index in [1.807, 2.05) is 0 Å². The van der Waals surface area contributed by atoms with Gasteiger partial charge in [0.2, 0.25) is 0 Å². The monoisotopic (exact) mass is 200 g/mol. The average Bonchev–Trinajstić information content (AvgIpc) is 2.02. The number of aliphatic hydroxyl groups is 1. The van der Waals surface area contributed by atoms with Gasteiger partial charge >= 0.3 is 0 Å². The first kappa shape index (κ1) is 11.1. The summed E-state index contributed by atoms with van der Waals surface area (Å²) in [5.74, 6) is -1.67. The van der Waals surface area contributed by atoms with Crippen LogP contribution in [0.25, 0.3) is 0 Å². The molecule has 0 aliphatic rings. The Balaban J connectivity index is 3.31. The van der Waals surface area contributed by atoms with Gasteiger partial charge in [0.05, 0.1) is 11.2 Å². The van der Waals surface area contributed by atoms with Crippen molar-refractivity contribution in [3.05, 3.63) is 35.4 Å². The third-order valence-corrected chi connectivity index (χ3v) is 2.59. The second kappa shape index (κ2) is 3.65. The molecule has 1 unspecified atom stereocenters. The first-order chi connectivity index (χ1) is 6.37. The summed E-state index contributed by atoms with van der Waals surface area (Å²) in [6.07, 6.45) is 0. The lowest BCUT2D eigenvalue weighted by atomic mass is 9.84. The molecule has 0 radical (unpaired) electrons. The van der Waals surface area contributed by atoms with E-state index in [0.29, 0.717) is 0 Å². The SMILES string of the molecule is CC(C)C(C)(O)c1c(F)cccc1F. The fourth-order valence-electron chi connectivity index (χ4n) is 1.27. The predicted octanol–water partition coefficient (Wildman–Crippen LogP) is 2.83. The van der Waals surface area contributed by atoms with E-state index in [1.54, 1.807) is 13.8 Å². The van der Waals surface area contributed by atoms with Crippen LogP contribution in [0, 0.1) is 17.6 Å². The normalized spacial score (nSPS) is 15.6. The highest BCUT2D eigenvalue weighted by Crippen LogP contribution is 2.32. The van der Waals surface area contributed by atoms with Crippen LogP contribution in [0.3, 0.4) is 0 Å². The van der Waals surface area contributed by atoms with E-state index >= 15 is 0 Å². The molecule has 0 aliphatic heterocycles. The molecule has 0 spiro atoms. The van der Waals surface area contributed by atoms with Gasteiger partial charge in [-0.2, -0.15) is 0 Å². The molecule has 0 aliphatic carbocycles. The molecule has 0 saturated heterocycles. The maximum absolute atomic E-state index is 13.3. The lowest BCUT2D eigenvalue weighted by molar-refractivity contribution is 0.00229. The van der Waals surface area contributed by atoms with Crippen molar-refractivity contribution >= 4 is 0 Å². The lowest BCUT2D eigenvalue weighted by Gasteiger charge is -2.28. The maximum Gasteiger partial charge on any atom is 0.132 e. The minimum absolute atomic E-state index is 0.255. The van der Waals surface area contributed by atoms with Gasteiger partial charge in [-0.3, -0.25) is 0 Å². The molecule has 0 aromatic heterocycles. The summed E-state index contributed by atoms with van der Waals surface area (Å²) >= 11 is 0. The van der Waals surface area contributed by atoms with Crippen LogP contribution in [0.4, 0.5) is 8.78 Å². The number of rotatable bonds is 2. The van der Waals surface area contributed by atoms with Gasteiger partial charge in [-0.05, 0) is 25.0 Å². The molecule has 0 fully saturated rings. The quantitative estimate of drug-likeness (QED) is 0.778. The van der Waals surface area contributed by atoms with E-state index < -0.39 is 17.2 Å². The topological polar surface area (TPSA) is 20.2 Å². The Bertz CT molecular complexity index is 312. The minimum Gasteiger partial charge on any atom is -0.385 e. The van der Waals surface area contributed by atoms with Gasteiger partial charge in [0, 0.05) is 0 Å². The third-order valence-electron chi connectivity index (χ3n) is 2.59. The Hall–Kier alpha value is -0.960. The standard InChI is InChI=1S/C11H14F2O/c1-7(2)11(3,14)10-8(12)5-4-6-9(10)13/h4-7,14H,1-3H3. The largest absolute Gasteiger partial charge is 0.385 e. The van der Waals surface area contributed by atoms with E-state index in [-0.39, 0.29) is 11.5 Å². The van der Waals surface area contributed by atoms with Crippen molar-refractivity contribution in [3.63, 3.8) is 0 Å². The molecule has 0 saturated carbocycles. The van der Waals surface area contributed by atoms with Crippen molar-refractivity contribution < 1.29 is 13.9 Å². The molecular weight excluding hydrogens is 186 g/mol. The molecule has 1 N–H and O–H groups in total. The van der Waals surface area contributed by atoms with Crippen LogP contribution in [0.15, 0.2) is 18.2 Å². The molecule has 0 heterocycles. The molecular formula is C11H14F2O. The molecule has 1 rings (SSSR count). The van der Waals surface area contributed by atoms with Crippen molar-refractivity contribution in [2.45, 2.75) is 26.4 Å². The smallest absolute Gasteiger partial charge is 0.132 e. The summed E-state index contributed by atoms with van der Waals surface area (Å²) < 4.78 is 26.6. The Kier molecular flexibility index (Phi) is 2.90. The number of hydrogen-bond donors (Lipinski definition) is 1. The van der Waals surface area contributed by atoms with E-state index in [0.717, 1.165) is 12.1 Å². The second-order valence-corrected chi connectivity index (χ2v) is 3.90. The summed E-state index contributed by atoms with van der Waals surface area (Å²) in [6.45, 7) is 4.84. The Labute approximate surface area is 82.4 Å². The van der Waals surface area contributed by atoms with Crippen molar-refractivity contribution in [3.8, 4) is 0 Å². The van der Waals surface area contributed by atoms with Crippen LogP contribution in [0.2, 0.25) is 0 Å². The molecule has 1 nitrogen and oxygen atoms in total. The second-order valence-electron chi connectivity index (χ2n) is 3.90. The zero-order valence-corrected chi connectivity index (χ0v) is 8.51. The highest BCUT2D eigenvalue weighted by atomic mass is 19.1. The van der Waals surface area contributed by atoms with Crippen LogP contribution in [0.5, 0.6) is 0 Å².